The van der Waals surface area contributed by atoms with Crippen molar-refractivity contribution in [3.05, 3.63) is 16.7 Å². The lowest BCUT2D eigenvalue weighted by molar-refractivity contribution is 0.298. The molecule has 1 aliphatic carbocycles. The number of ether oxygens (including phenoxy) is 2. The van der Waals surface area contributed by atoms with Crippen LogP contribution >= 0.6 is 15.9 Å². The quantitative estimate of drug-likeness (QED) is 0.818. The first-order chi connectivity index (χ1) is 6.29. The van der Waals surface area contributed by atoms with Gasteiger partial charge in [0.15, 0.2) is 5.75 Å². The molecule has 1 aromatic rings. The van der Waals surface area contributed by atoms with Crippen molar-refractivity contribution in [2.24, 2.45) is 0 Å². The molecular formula is C9H10BrNO2. The maximum absolute atomic E-state index is 5.59. The Kier molecular flexibility index (Phi) is 2.40. The number of halogens is 1. The minimum absolute atomic E-state index is 0.395. The van der Waals surface area contributed by atoms with Crippen molar-refractivity contribution in [2.45, 2.75) is 18.9 Å². The monoisotopic (exact) mass is 243 g/mol. The zero-order valence-electron chi connectivity index (χ0n) is 7.29. The van der Waals surface area contributed by atoms with Gasteiger partial charge >= 0.3 is 0 Å². The van der Waals surface area contributed by atoms with E-state index in [0.717, 1.165) is 23.1 Å². The van der Waals surface area contributed by atoms with Gasteiger partial charge in [-0.3, -0.25) is 0 Å². The van der Waals surface area contributed by atoms with Gasteiger partial charge in [0, 0.05) is 6.07 Å². The van der Waals surface area contributed by atoms with Gasteiger partial charge in [0.25, 0.3) is 0 Å². The first-order valence-corrected chi connectivity index (χ1v) is 4.95. The van der Waals surface area contributed by atoms with Crippen molar-refractivity contribution in [2.75, 3.05) is 7.11 Å². The molecule has 2 rings (SSSR count). The smallest absolute Gasteiger partial charge is 0.214 e. The van der Waals surface area contributed by atoms with Gasteiger partial charge in [0.2, 0.25) is 5.88 Å². The van der Waals surface area contributed by atoms with Gasteiger partial charge in [-0.1, -0.05) is 0 Å². The number of hydrogen-bond acceptors (Lipinski definition) is 3. The summed E-state index contributed by atoms with van der Waals surface area (Å²) >= 11 is 3.40. The molecule has 0 bridgehead atoms. The van der Waals surface area contributed by atoms with Crippen LogP contribution in [-0.4, -0.2) is 18.2 Å². The zero-order valence-corrected chi connectivity index (χ0v) is 8.87. The molecule has 1 saturated carbocycles. The zero-order chi connectivity index (χ0) is 9.26. The van der Waals surface area contributed by atoms with E-state index in [1.54, 1.807) is 19.4 Å². The van der Waals surface area contributed by atoms with Gasteiger partial charge in [-0.05, 0) is 28.8 Å². The summed E-state index contributed by atoms with van der Waals surface area (Å²) < 4.78 is 11.5. The van der Waals surface area contributed by atoms with Crippen molar-refractivity contribution >= 4 is 15.9 Å². The molecule has 1 fully saturated rings. The molecule has 0 radical (unpaired) electrons. The van der Waals surface area contributed by atoms with Crippen molar-refractivity contribution < 1.29 is 9.47 Å². The predicted molar refractivity (Wildman–Crippen MR) is 52.1 cm³/mol. The minimum atomic E-state index is 0.395. The Morgan fingerprint density at radius 1 is 1.54 bits per heavy atom. The molecule has 0 atom stereocenters. The van der Waals surface area contributed by atoms with Crippen LogP contribution in [0, 0.1) is 0 Å². The molecule has 0 aliphatic heterocycles. The van der Waals surface area contributed by atoms with Crippen molar-refractivity contribution in [3.63, 3.8) is 0 Å². The second-order valence-electron chi connectivity index (χ2n) is 2.97. The van der Waals surface area contributed by atoms with Gasteiger partial charge in [-0.2, -0.15) is 0 Å². The minimum Gasteiger partial charge on any atom is -0.488 e. The lowest BCUT2D eigenvalue weighted by atomic mass is 10.4. The van der Waals surface area contributed by atoms with Crippen molar-refractivity contribution in [1.82, 2.24) is 4.98 Å². The number of methoxy groups -OCH3 is 1. The maximum atomic E-state index is 5.59. The second-order valence-corrected chi connectivity index (χ2v) is 3.83. The Hall–Kier alpha value is -0.770. The predicted octanol–water partition coefficient (Wildman–Crippen LogP) is 2.39. The van der Waals surface area contributed by atoms with Gasteiger partial charge in [-0.25, -0.2) is 4.98 Å². The highest BCUT2D eigenvalue weighted by atomic mass is 79.9. The highest BCUT2D eigenvalue weighted by Gasteiger charge is 2.24. The van der Waals surface area contributed by atoms with Crippen LogP contribution in [0.25, 0.3) is 0 Å². The van der Waals surface area contributed by atoms with E-state index in [4.69, 9.17) is 9.47 Å². The molecule has 13 heavy (non-hydrogen) atoms. The molecule has 0 spiro atoms. The average Bonchev–Trinajstić information content (AvgIpc) is 2.92. The van der Waals surface area contributed by atoms with E-state index in [9.17, 15) is 0 Å². The number of hydrogen-bond donors (Lipinski definition) is 0. The molecule has 3 nitrogen and oxygen atoms in total. The fourth-order valence-electron chi connectivity index (χ4n) is 0.965. The molecule has 0 unspecified atom stereocenters. The maximum Gasteiger partial charge on any atom is 0.214 e. The third-order valence-electron chi connectivity index (χ3n) is 1.82. The fourth-order valence-corrected chi connectivity index (χ4v) is 1.36. The molecule has 1 heterocycles. The van der Waals surface area contributed by atoms with E-state index in [1.165, 1.54) is 0 Å². The number of nitrogens with zero attached hydrogens (tertiary/aromatic N) is 1. The van der Waals surface area contributed by atoms with E-state index in [1.807, 2.05) is 0 Å². The van der Waals surface area contributed by atoms with Gasteiger partial charge in [0.1, 0.15) is 0 Å². The number of aromatic nitrogens is 1. The van der Waals surface area contributed by atoms with Gasteiger partial charge in [0.05, 0.1) is 23.9 Å². The van der Waals surface area contributed by atoms with E-state index in [-0.39, 0.29) is 0 Å². The highest BCUT2D eigenvalue weighted by Crippen LogP contribution is 2.32. The van der Waals surface area contributed by atoms with Crippen LogP contribution in [0.3, 0.4) is 0 Å². The fraction of sp³-hybridized carbons (Fsp3) is 0.444. The van der Waals surface area contributed by atoms with Crippen LogP contribution in [0.5, 0.6) is 11.6 Å². The molecule has 0 amide bonds. The second kappa shape index (κ2) is 3.54. The molecule has 1 aliphatic rings. The van der Waals surface area contributed by atoms with Crippen LogP contribution in [0.1, 0.15) is 12.8 Å². The van der Waals surface area contributed by atoms with Gasteiger partial charge in [-0.15, -0.1) is 0 Å². The lowest BCUT2D eigenvalue weighted by Crippen LogP contribution is -1.97. The third kappa shape index (κ3) is 2.12. The van der Waals surface area contributed by atoms with Crippen LogP contribution in [0.2, 0.25) is 0 Å². The van der Waals surface area contributed by atoms with E-state index < -0.39 is 0 Å². The molecule has 4 heteroatoms. The normalized spacial score (nSPS) is 15.5. The summed E-state index contributed by atoms with van der Waals surface area (Å²) in [6.45, 7) is 0. The van der Waals surface area contributed by atoms with Crippen molar-refractivity contribution in [3.8, 4) is 11.6 Å². The standard InChI is InChI=1S/C9H10BrNO2/c1-12-9-4-7(10)8(5-11-9)13-6-2-3-6/h4-6H,2-3H2,1H3. The molecule has 70 valence electrons. The van der Waals surface area contributed by atoms with Gasteiger partial charge < -0.3 is 9.47 Å². The molecule has 0 aromatic carbocycles. The molecule has 0 saturated heterocycles. The lowest BCUT2D eigenvalue weighted by Gasteiger charge is -2.06. The number of rotatable bonds is 3. The van der Waals surface area contributed by atoms with Crippen LogP contribution < -0.4 is 9.47 Å². The Labute approximate surface area is 85.2 Å². The van der Waals surface area contributed by atoms with E-state index in [2.05, 4.69) is 20.9 Å². The van der Waals surface area contributed by atoms with E-state index >= 15 is 0 Å². The summed E-state index contributed by atoms with van der Waals surface area (Å²) in [4.78, 5) is 4.06. The molecule has 1 aromatic heterocycles. The Morgan fingerprint density at radius 2 is 2.31 bits per heavy atom. The first kappa shape index (κ1) is 8.81. The summed E-state index contributed by atoms with van der Waals surface area (Å²) in [5, 5.41) is 0. The number of pyridine rings is 1. The Bertz CT molecular complexity index is 312. The summed E-state index contributed by atoms with van der Waals surface area (Å²) in [6, 6.07) is 1.80. The SMILES string of the molecule is COc1cc(Br)c(OC2CC2)cn1. The summed E-state index contributed by atoms with van der Waals surface area (Å²) in [6.07, 6.45) is 4.38. The summed E-state index contributed by atoms with van der Waals surface area (Å²) in [7, 11) is 1.59. The molecule has 0 N–H and O–H groups in total. The Morgan fingerprint density at radius 3 is 2.85 bits per heavy atom. The van der Waals surface area contributed by atoms with Crippen LogP contribution in [0.15, 0.2) is 16.7 Å². The summed E-state index contributed by atoms with van der Waals surface area (Å²) in [5.41, 5.74) is 0. The topological polar surface area (TPSA) is 31.4 Å². The van der Waals surface area contributed by atoms with Crippen LogP contribution in [0.4, 0.5) is 0 Å². The van der Waals surface area contributed by atoms with Crippen molar-refractivity contribution in [1.29, 1.82) is 0 Å². The molecular weight excluding hydrogens is 234 g/mol. The summed E-state index contributed by atoms with van der Waals surface area (Å²) in [5.74, 6) is 1.39. The van der Waals surface area contributed by atoms with Crippen LogP contribution in [-0.2, 0) is 0 Å². The first-order valence-electron chi connectivity index (χ1n) is 4.16. The largest absolute Gasteiger partial charge is 0.488 e. The average molecular weight is 244 g/mol. The third-order valence-corrected chi connectivity index (χ3v) is 2.44. The Balaban J connectivity index is 2.15. The van der Waals surface area contributed by atoms with E-state index in [0.29, 0.717) is 12.0 Å². The highest BCUT2D eigenvalue weighted by molar-refractivity contribution is 9.10.